The number of hydrogen-bond donors (Lipinski definition) is 2. The summed E-state index contributed by atoms with van der Waals surface area (Å²) in [4.78, 5) is 22.2. The predicted molar refractivity (Wildman–Crippen MR) is 107 cm³/mol. The quantitative estimate of drug-likeness (QED) is 0.618. The molecule has 2 aromatic carbocycles. The van der Waals surface area contributed by atoms with E-state index >= 15 is 0 Å². The molecule has 0 fully saturated rings. The smallest absolute Gasteiger partial charge is 0.321 e. The van der Waals surface area contributed by atoms with E-state index in [1.807, 2.05) is 30.3 Å². The van der Waals surface area contributed by atoms with Gasteiger partial charge in [0.15, 0.2) is 0 Å². The van der Waals surface area contributed by atoms with Crippen molar-refractivity contribution in [1.82, 2.24) is 14.9 Å². The van der Waals surface area contributed by atoms with Gasteiger partial charge >= 0.3 is 6.03 Å². The Morgan fingerprint density at radius 1 is 1.15 bits per heavy atom. The second-order valence-electron chi connectivity index (χ2n) is 5.63. The van der Waals surface area contributed by atoms with Crippen LogP contribution in [0, 0.1) is 0 Å². The predicted octanol–water partition coefficient (Wildman–Crippen LogP) is 4.73. The third-order valence-electron chi connectivity index (χ3n) is 3.74. The molecule has 0 unspecified atom stereocenters. The van der Waals surface area contributed by atoms with Crippen LogP contribution < -0.4 is 10.6 Å². The number of carbonyl (C=O) groups excluding carboxylic acids is 1. The monoisotopic (exact) mass is 389 g/mol. The average Bonchev–Trinajstić information content (AvgIpc) is 2.62. The molecule has 0 spiro atoms. The summed E-state index contributed by atoms with van der Waals surface area (Å²) in [5.74, 6) is 1.01. The number of fused-ring (bicyclic) bond motifs is 1. The number of nitrogens with one attached hydrogen (secondary N) is 2. The molecule has 0 saturated heterocycles. The number of aromatic nitrogens is 2. The molecular weight excluding hydrogens is 373 g/mol. The number of hydrogen-bond acceptors (Lipinski definition) is 4. The third kappa shape index (κ3) is 4.33. The minimum atomic E-state index is -0.230. The van der Waals surface area contributed by atoms with Crippen LogP contribution in [0.3, 0.4) is 0 Å². The van der Waals surface area contributed by atoms with Gasteiger partial charge in [-0.2, -0.15) is 0 Å². The number of amides is 2. The molecule has 3 aromatic rings. The lowest BCUT2D eigenvalue weighted by Gasteiger charge is -2.17. The van der Waals surface area contributed by atoms with Gasteiger partial charge in [-0.15, -0.1) is 11.6 Å². The van der Waals surface area contributed by atoms with Crippen molar-refractivity contribution in [2.75, 3.05) is 30.1 Å². The molecule has 1 aromatic heterocycles. The number of benzene rings is 2. The lowest BCUT2D eigenvalue weighted by molar-refractivity contribution is 0.225. The van der Waals surface area contributed by atoms with Gasteiger partial charge in [0.25, 0.3) is 0 Å². The lowest BCUT2D eigenvalue weighted by atomic mass is 10.2. The Morgan fingerprint density at radius 3 is 2.77 bits per heavy atom. The molecule has 2 N–H and O–H groups in total. The summed E-state index contributed by atoms with van der Waals surface area (Å²) in [5, 5.41) is 7.49. The molecule has 8 heteroatoms. The van der Waals surface area contributed by atoms with Crippen LogP contribution in [0.1, 0.15) is 0 Å². The van der Waals surface area contributed by atoms with Crippen molar-refractivity contribution in [1.29, 1.82) is 0 Å². The SMILES string of the molecule is CN(CCCl)C(=O)Nc1ccc2ncnc(Nc3cccc(Cl)c3)c2c1. The molecule has 0 atom stereocenters. The average molecular weight is 390 g/mol. The van der Waals surface area contributed by atoms with Gasteiger partial charge < -0.3 is 15.5 Å². The Labute approximate surface area is 161 Å². The number of halogens is 2. The minimum absolute atomic E-state index is 0.230. The van der Waals surface area contributed by atoms with E-state index in [9.17, 15) is 4.79 Å². The highest BCUT2D eigenvalue weighted by molar-refractivity contribution is 6.30. The largest absolute Gasteiger partial charge is 0.340 e. The third-order valence-corrected chi connectivity index (χ3v) is 4.14. The van der Waals surface area contributed by atoms with Crippen LogP contribution in [-0.4, -0.2) is 40.4 Å². The Kier molecular flexibility index (Phi) is 5.75. The van der Waals surface area contributed by atoms with Crippen molar-refractivity contribution < 1.29 is 4.79 Å². The standard InChI is InChI=1S/C18H17Cl2N5O/c1-25(8-7-19)18(26)24-14-5-6-16-15(10-14)17(22-11-21-16)23-13-4-2-3-12(20)9-13/h2-6,9-11H,7-8H2,1H3,(H,24,26)(H,21,22,23). The van der Waals surface area contributed by atoms with Crippen molar-refractivity contribution in [2.45, 2.75) is 0 Å². The van der Waals surface area contributed by atoms with Crippen molar-refractivity contribution in [3.05, 3.63) is 53.8 Å². The van der Waals surface area contributed by atoms with Gasteiger partial charge in [-0.25, -0.2) is 14.8 Å². The zero-order valence-corrected chi connectivity index (χ0v) is 15.6. The molecule has 0 bridgehead atoms. The summed E-state index contributed by atoms with van der Waals surface area (Å²) in [7, 11) is 1.69. The molecule has 26 heavy (non-hydrogen) atoms. The molecule has 2 amide bonds. The summed E-state index contributed by atoms with van der Waals surface area (Å²) >= 11 is 11.7. The summed E-state index contributed by atoms with van der Waals surface area (Å²) in [6.45, 7) is 0.464. The van der Waals surface area contributed by atoms with Crippen molar-refractivity contribution in [3.63, 3.8) is 0 Å². The maximum atomic E-state index is 12.1. The summed E-state index contributed by atoms with van der Waals surface area (Å²) < 4.78 is 0. The van der Waals surface area contributed by atoms with E-state index in [1.54, 1.807) is 19.2 Å². The molecule has 3 rings (SSSR count). The van der Waals surface area contributed by atoms with Gasteiger partial charge in [0.05, 0.1) is 5.52 Å². The van der Waals surface area contributed by atoms with Gasteiger partial charge in [0.1, 0.15) is 12.1 Å². The van der Waals surface area contributed by atoms with Crippen molar-refractivity contribution in [3.8, 4) is 0 Å². The number of rotatable bonds is 5. The Balaban J connectivity index is 1.89. The minimum Gasteiger partial charge on any atom is -0.340 e. The van der Waals surface area contributed by atoms with Gasteiger partial charge in [0, 0.05) is 41.3 Å². The molecule has 6 nitrogen and oxygen atoms in total. The Bertz CT molecular complexity index is 934. The lowest BCUT2D eigenvalue weighted by Crippen LogP contribution is -2.32. The molecule has 134 valence electrons. The van der Waals surface area contributed by atoms with E-state index in [2.05, 4.69) is 20.6 Å². The van der Waals surface area contributed by atoms with Crippen LogP contribution >= 0.6 is 23.2 Å². The van der Waals surface area contributed by atoms with E-state index in [0.29, 0.717) is 29.0 Å². The van der Waals surface area contributed by atoms with Crippen LogP contribution in [0.15, 0.2) is 48.8 Å². The van der Waals surface area contributed by atoms with E-state index in [1.165, 1.54) is 11.2 Å². The fraction of sp³-hybridized carbons (Fsp3) is 0.167. The van der Waals surface area contributed by atoms with Crippen molar-refractivity contribution >= 4 is 57.3 Å². The maximum Gasteiger partial charge on any atom is 0.321 e. The molecule has 0 aliphatic heterocycles. The number of carbonyl (C=O) groups is 1. The van der Waals surface area contributed by atoms with Crippen LogP contribution in [-0.2, 0) is 0 Å². The van der Waals surface area contributed by atoms with Crippen LogP contribution in [0.25, 0.3) is 10.9 Å². The Morgan fingerprint density at radius 2 is 2.00 bits per heavy atom. The zero-order chi connectivity index (χ0) is 18.5. The summed E-state index contributed by atoms with van der Waals surface area (Å²) in [5.41, 5.74) is 2.22. The number of urea groups is 1. The molecule has 0 saturated carbocycles. The van der Waals surface area contributed by atoms with Crippen LogP contribution in [0.5, 0.6) is 0 Å². The number of nitrogens with zero attached hydrogens (tertiary/aromatic N) is 3. The van der Waals surface area contributed by atoms with E-state index in [4.69, 9.17) is 23.2 Å². The maximum absolute atomic E-state index is 12.1. The number of alkyl halides is 1. The fourth-order valence-electron chi connectivity index (χ4n) is 2.38. The van der Waals surface area contributed by atoms with Gasteiger partial charge in [0.2, 0.25) is 0 Å². The topological polar surface area (TPSA) is 70.2 Å². The summed E-state index contributed by atoms with van der Waals surface area (Å²) in [6.07, 6.45) is 1.49. The first-order valence-corrected chi connectivity index (χ1v) is 8.83. The highest BCUT2D eigenvalue weighted by Crippen LogP contribution is 2.26. The zero-order valence-electron chi connectivity index (χ0n) is 14.0. The van der Waals surface area contributed by atoms with Gasteiger partial charge in [-0.1, -0.05) is 17.7 Å². The first-order valence-electron chi connectivity index (χ1n) is 7.92. The molecule has 1 heterocycles. The molecule has 0 aliphatic carbocycles. The molecule has 0 radical (unpaired) electrons. The van der Waals surface area contributed by atoms with E-state index in [0.717, 1.165) is 16.6 Å². The summed E-state index contributed by atoms with van der Waals surface area (Å²) in [6, 6.07) is 12.6. The van der Waals surface area contributed by atoms with Gasteiger partial charge in [-0.3, -0.25) is 0 Å². The fourth-order valence-corrected chi connectivity index (χ4v) is 2.83. The normalized spacial score (nSPS) is 10.6. The second-order valence-corrected chi connectivity index (χ2v) is 6.44. The molecule has 0 aliphatic rings. The van der Waals surface area contributed by atoms with Crippen LogP contribution in [0.2, 0.25) is 5.02 Å². The first kappa shape index (κ1) is 18.2. The van der Waals surface area contributed by atoms with Crippen LogP contribution in [0.4, 0.5) is 22.0 Å². The van der Waals surface area contributed by atoms with E-state index < -0.39 is 0 Å². The Hall–Kier alpha value is -2.57. The highest BCUT2D eigenvalue weighted by Gasteiger charge is 2.10. The number of anilines is 3. The van der Waals surface area contributed by atoms with E-state index in [-0.39, 0.29) is 6.03 Å². The molecular formula is C18H17Cl2N5O. The first-order chi connectivity index (χ1) is 12.6. The highest BCUT2D eigenvalue weighted by atomic mass is 35.5. The second kappa shape index (κ2) is 8.21. The van der Waals surface area contributed by atoms with Crippen molar-refractivity contribution in [2.24, 2.45) is 0 Å². The van der Waals surface area contributed by atoms with Gasteiger partial charge in [-0.05, 0) is 36.4 Å².